The molecule has 0 aromatic rings. The first-order valence-corrected chi connectivity index (χ1v) is 11.2. The topological polar surface area (TPSA) is 6.48 Å². The summed E-state index contributed by atoms with van der Waals surface area (Å²) in [5, 5.41) is 0. The molecule has 1 aliphatic heterocycles. The van der Waals surface area contributed by atoms with Crippen LogP contribution in [0.5, 0.6) is 0 Å². The molecule has 1 heterocycles. The predicted molar refractivity (Wildman–Crippen MR) is 61.2 cm³/mol. The van der Waals surface area contributed by atoms with Crippen LogP contribution in [-0.4, -0.2) is 52.4 Å². The van der Waals surface area contributed by atoms with Gasteiger partial charge in [-0.3, -0.25) is 0 Å². The van der Waals surface area contributed by atoms with E-state index in [4.69, 9.17) is 0 Å². The number of rotatable bonds is 2. The Morgan fingerprint density at radius 3 is 1.31 bits per heavy atom. The summed E-state index contributed by atoms with van der Waals surface area (Å²) in [5.41, 5.74) is 0. The SMILES string of the molecule is C[CH](C)[Sn]1([CH](C)C)[N](C)CC[N]1C. The van der Waals surface area contributed by atoms with Gasteiger partial charge in [-0.05, 0) is 0 Å². The number of likely N-dealkylation sites (N-methyl/N-ethyl adjacent to an activating group) is 2. The van der Waals surface area contributed by atoms with Gasteiger partial charge in [0.2, 0.25) is 0 Å². The van der Waals surface area contributed by atoms with Gasteiger partial charge < -0.3 is 0 Å². The third-order valence-electron chi connectivity index (χ3n) is 3.69. The van der Waals surface area contributed by atoms with Crippen molar-refractivity contribution in [3.05, 3.63) is 0 Å². The van der Waals surface area contributed by atoms with E-state index in [0.29, 0.717) is 0 Å². The third kappa shape index (κ3) is 1.65. The van der Waals surface area contributed by atoms with E-state index < -0.39 is 18.9 Å². The van der Waals surface area contributed by atoms with Crippen molar-refractivity contribution in [1.82, 2.24) is 6.24 Å². The van der Waals surface area contributed by atoms with Gasteiger partial charge in [0.15, 0.2) is 0 Å². The molecule has 0 aromatic heterocycles. The molecule has 2 nitrogen and oxygen atoms in total. The van der Waals surface area contributed by atoms with Gasteiger partial charge in [-0.25, -0.2) is 0 Å². The summed E-state index contributed by atoms with van der Waals surface area (Å²) in [6.45, 7) is 12.3. The van der Waals surface area contributed by atoms with Gasteiger partial charge in [0.25, 0.3) is 0 Å². The Bertz CT molecular complexity index is 160. The second-order valence-electron chi connectivity index (χ2n) is 4.94. The Morgan fingerprint density at radius 2 is 1.15 bits per heavy atom. The van der Waals surface area contributed by atoms with E-state index in [0.717, 1.165) is 7.87 Å². The molecule has 0 bridgehead atoms. The molecule has 0 aromatic carbocycles. The molecular formula is C10H24N2Sn. The zero-order chi connectivity index (χ0) is 10.2. The molecule has 1 aliphatic rings. The van der Waals surface area contributed by atoms with Crippen molar-refractivity contribution in [3.63, 3.8) is 0 Å². The van der Waals surface area contributed by atoms with Crippen LogP contribution in [-0.2, 0) is 0 Å². The van der Waals surface area contributed by atoms with Gasteiger partial charge in [0.05, 0.1) is 0 Å². The molecule has 1 saturated heterocycles. The average molecular weight is 291 g/mol. The molecule has 1 fully saturated rings. The van der Waals surface area contributed by atoms with E-state index in [1.807, 2.05) is 0 Å². The van der Waals surface area contributed by atoms with Crippen molar-refractivity contribution < 1.29 is 0 Å². The second-order valence-corrected chi connectivity index (χ2v) is 20.4. The van der Waals surface area contributed by atoms with Crippen molar-refractivity contribution in [1.29, 1.82) is 0 Å². The summed E-state index contributed by atoms with van der Waals surface area (Å²) in [7, 11) is 4.69. The van der Waals surface area contributed by atoms with Gasteiger partial charge in [-0.1, -0.05) is 0 Å². The fraction of sp³-hybridized carbons (Fsp3) is 1.00. The van der Waals surface area contributed by atoms with E-state index in [2.05, 4.69) is 48.0 Å². The quantitative estimate of drug-likeness (QED) is 0.719. The molecule has 13 heavy (non-hydrogen) atoms. The molecule has 0 spiro atoms. The molecule has 0 N–H and O–H groups in total. The monoisotopic (exact) mass is 292 g/mol. The zero-order valence-corrected chi connectivity index (χ0v) is 12.8. The van der Waals surface area contributed by atoms with Crippen LogP contribution in [0.2, 0.25) is 7.87 Å². The van der Waals surface area contributed by atoms with Crippen LogP contribution in [0.4, 0.5) is 0 Å². The van der Waals surface area contributed by atoms with Gasteiger partial charge in [0, 0.05) is 0 Å². The summed E-state index contributed by atoms with van der Waals surface area (Å²) in [6, 6.07) is 0. The van der Waals surface area contributed by atoms with Crippen molar-refractivity contribution in [3.8, 4) is 0 Å². The summed E-state index contributed by atoms with van der Waals surface area (Å²) < 4.78 is 7.24. The number of nitrogens with zero attached hydrogens (tertiary/aromatic N) is 2. The number of hydrogen-bond donors (Lipinski definition) is 0. The maximum absolute atomic E-state index is 2.73. The molecule has 0 amide bonds. The second kappa shape index (κ2) is 4.07. The molecule has 3 heteroatoms. The molecule has 1 rings (SSSR count). The first-order valence-electron chi connectivity index (χ1n) is 5.36. The zero-order valence-electron chi connectivity index (χ0n) is 9.96. The van der Waals surface area contributed by atoms with Crippen LogP contribution >= 0.6 is 0 Å². The summed E-state index contributed by atoms with van der Waals surface area (Å²) in [4.78, 5) is 0. The van der Waals surface area contributed by atoms with Crippen LogP contribution in [0.1, 0.15) is 27.7 Å². The normalized spacial score (nSPS) is 24.9. The maximum atomic E-state index is 2.73. The van der Waals surface area contributed by atoms with Crippen molar-refractivity contribution >= 4 is 18.9 Å². The Morgan fingerprint density at radius 1 is 0.846 bits per heavy atom. The van der Waals surface area contributed by atoms with Crippen LogP contribution in [0, 0.1) is 0 Å². The molecular weight excluding hydrogens is 267 g/mol. The van der Waals surface area contributed by atoms with E-state index >= 15 is 0 Å². The van der Waals surface area contributed by atoms with Gasteiger partial charge in [-0.2, -0.15) is 0 Å². The Balaban J connectivity index is 3.00. The van der Waals surface area contributed by atoms with Crippen LogP contribution in [0.3, 0.4) is 0 Å². The molecule has 0 aliphatic carbocycles. The fourth-order valence-electron chi connectivity index (χ4n) is 3.38. The van der Waals surface area contributed by atoms with Crippen molar-refractivity contribution in [2.45, 2.75) is 35.6 Å². The van der Waals surface area contributed by atoms with Crippen LogP contribution < -0.4 is 0 Å². The van der Waals surface area contributed by atoms with E-state index in [-0.39, 0.29) is 0 Å². The minimum absolute atomic E-state index is 0.895. The summed E-state index contributed by atoms with van der Waals surface area (Å²) in [6.07, 6.45) is 0. The standard InChI is InChI=1S/C4H10N2.2C3H7.Sn/c1-5-3-4-6-2;2*1-3-2;/h3-4H2,1-2H3;2*3H,1-2H3;/q-2;;;+2. The molecule has 0 saturated carbocycles. The Labute approximate surface area is 87.9 Å². The predicted octanol–water partition coefficient (Wildman–Crippen LogP) is 2.13. The minimum atomic E-state index is -2.15. The Kier molecular flexibility index (Phi) is 3.69. The van der Waals surface area contributed by atoms with Gasteiger partial charge in [0.1, 0.15) is 0 Å². The first-order chi connectivity index (χ1) is 5.94. The Hall–Kier alpha value is 0.719. The van der Waals surface area contributed by atoms with Crippen molar-refractivity contribution in [2.75, 3.05) is 27.2 Å². The molecule has 0 radical (unpaired) electrons. The van der Waals surface area contributed by atoms with Crippen LogP contribution in [0.25, 0.3) is 0 Å². The summed E-state index contributed by atoms with van der Waals surface area (Å²) >= 11 is -2.15. The first kappa shape index (κ1) is 11.8. The van der Waals surface area contributed by atoms with Crippen LogP contribution in [0.15, 0.2) is 0 Å². The average Bonchev–Trinajstić information content (AvgIpc) is 2.27. The number of hydrogen-bond acceptors (Lipinski definition) is 2. The van der Waals surface area contributed by atoms with Crippen molar-refractivity contribution in [2.24, 2.45) is 0 Å². The molecule has 78 valence electrons. The van der Waals surface area contributed by atoms with E-state index in [1.54, 1.807) is 0 Å². The fourth-order valence-corrected chi connectivity index (χ4v) is 21.5. The van der Waals surface area contributed by atoms with Gasteiger partial charge >= 0.3 is 87.9 Å². The molecule has 0 unspecified atom stereocenters. The van der Waals surface area contributed by atoms with E-state index in [9.17, 15) is 0 Å². The summed E-state index contributed by atoms with van der Waals surface area (Å²) in [5.74, 6) is 0. The third-order valence-corrected chi connectivity index (χ3v) is 21.7. The van der Waals surface area contributed by atoms with E-state index in [1.165, 1.54) is 13.1 Å². The van der Waals surface area contributed by atoms with Gasteiger partial charge in [-0.15, -0.1) is 0 Å². The molecule has 0 atom stereocenters.